The molecule has 6 heteroatoms. The Morgan fingerprint density at radius 1 is 1.33 bits per heavy atom. The molecular weight excluding hydrogens is 204 g/mol. The van der Waals surface area contributed by atoms with Crippen LogP contribution in [-0.2, 0) is 9.47 Å². The molecule has 0 rings (SSSR count). The molecule has 2 N–H and O–H groups in total. The van der Waals surface area contributed by atoms with Gasteiger partial charge in [-0.2, -0.15) is 0 Å². The van der Waals surface area contributed by atoms with Gasteiger partial charge in [-0.1, -0.05) is 19.9 Å². The molecule has 0 fully saturated rings. The van der Waals surface area contributed by atoms with Crippen molar-refractivity contribution in [1.82, 2.24) is 0 Å². The largest absolute Gasteiger partial charge is 0.511 e. The van der Waals surface area contributed by atoms with Gasteiger partial charge in [0.25, 0.3) is 0 Å². The minimum atomic E-state index is -1.53. The fourth-order valence-electron chi connectivity index (χ4n) is 0.975. The maximum atomic E-state index is 10.3. The zero-order chi connectivity index (χ0) is 11.8. The molecule has 1 atom stereocenters. The highest BCUT2D eigenvalue weighted by Gasteiger charge is 2.20. The number of hydrogen-bond acceptors (Lipinski definition) is 4. The van der Waals surface area contributed by atoms with E-state index in [4.69, 9.17) is 10.2 Å². The molecule has 0 saturated heterocycles. The highest BCUT2D eigenvalue weighted by molar-refractivity contribution is 5.59. The summed E-state index contributed by atoms with van der Waals surface area (Å²) in [4.78, 5) is 20.5. The molecule has 86 valence electrons. The molecule has 1 unspecified atom stereocenters. The second-order valence-electron chi connectivity index (χ2n) is 2.85. The molecule has 0 heterocycles. The van der Waals surface area contributed by atoms with Crippen LogP contribution >= 0.6 is 0 Å². The lowest BCUT2D eigenvalue weighted by Gasteiger charge is -2.16. The average Bonchev–Trinajstić information content (AvgIpc) is 2.10. The topological polar surface area (TPSA) is 93.1 Å². The van der Waals surface area contributed by atoms with Gasteiger partial charge in [0.2, 0.25) is 0 Å². The minimum Gasteiger partial charge on any atom is -0.450 e. The summed E-state index contributed by atoms with van der Waals surface area (Å²) in [6.07, 6.45) is -2.06. The van der Waals surface area contributed by atoms with Crippen LogP contribution in [0.25, 0.3) is 0 Å². The maximum absolute atomic E-state index is 10.3. The van der Waals surface area contributed by atoms with E-state index in [-0.39, 0.29) is 5.76 Å². The first-order chi connectivity index (χ1) is 6.97. The van der Waals surface area contributed by atoms with Crippen LogP contribution in [0.1, 0.15) is 26.2 Å². The first kappa shape index (κ1) is 13.3. The highest BCUT2D eigenvalue weighted by atomic mass is 16.7. The maximum Gasteiger partial charge on any atom is 0.511 e. The van der Waals surface area contributed by atoms with Gasteiger partial charge in [-0.15, -0.1) is 0 Å². The first-order valence-corrected chi connectivity index (χ1v) is 4.46. The van der Waals surface area contributed by atoms with Gasteiger partial charge < -0.3 is 19.7 Å². The van der Waals surface area contributed by atoms with Crippen LogP contribution in [0.15, 0.2) is 12.3 Å². The van der Waals surface area contributed by atoms with Crippen LogP contribution < -0.4 is 0 Å². The lowest BCUT2D eigenvalue weighted by molar-refractivity contribution is 0.0326. The summed E-state index contributed by atoms with van der Waals surface area (Å²) in [7, 11) is 0. The van der Waals surface area contributed by atoms with Gasteiger partial charge in [-0.25, -0.2) is 9.59 Å². The Kier molecular flexibility index (Phi) is 5.92. The standard InChI is InChI=1S/C9H14O6/c1-3-4-5-7(15-9(12)13)6(2)14-8(10)11/h7H,2-5H2,1H3,(H,10,11)(H,12,13). The first-order valence-electron chi connectivity index (χ1n) is 4.46. The molecule has 0 amide bonds. The Balaban J connectivity index is 4.26. The summed E-state index contributed by atoms with van der Waals surface area (Å²) in [5.74, 6) is -0.210. The van der Waals surface area contributed by atoms with Gasteiger partial charge >= 0.3 is 12.3 Å². The van der Waals surface area contributed by atoms with E-state index in [1.165, 1.54) is 0 Å². The van der Waals surface area contributed by atoms with E-state index < -0.39 is 18.4 Å². The number of ether oxygens (including phenoxy) is 2. The van der Waals surface area contributed by atoms with Crippen molar-refractivity contribution in [3.05, 3.63) is 12.3 Å². The molecule has 0 aromatic heterocycles. The normalized spacial score (nSPS) is 11.5. The van der Waals surface area contributed by atoms with Crippen LogP contribution in [0, 0.1) is 0 Å². The molecule has 0 bridgehead atoms. The molecular formula is C9H14O6. The Bertz CT molecular complexity index is 247. The Hall–Kier alpha value is -1.72. The second-order valence-corrected chi connectivity index (χ2v) is 2.85. The molecule has 0 spiro atoms. The van der Waals surface area contributed by atoms with Crippen molar-refractivity contribution in [2.75, 3.05) is 0 Å². The number of carbonyl (C=O) groups is 2. The third-order valence-electron chi connectivity index (χ3n) is 1.64. The molecule has 0 aliphatic heterocycles. The average molecular weight is 218 g/mol. The third kappa shape index (κ3) is 6.36. The number of carboxylic acid groups (broad SMARTS) is 2. The van der Waals surface area contributed by atoms with Gasteiger partial charge in [-0.05, 0) is 12.8 Å². The van der Waals surface area contributed by atoms with E-state index in [1.807, 2.05) is 6.92 Å². The fourth-order valence-corrected chi connectivity index (χ4v) is 0.975. The number of unbranched alkanes of at least 4 members (excludes halogenated alkanes) is 1. The van der Waals surface area contributed by atoms with Gasteiger partial charge in [0.1, 0.15) is 5.76 Å². The van der Waals surface area contributed by atoms with Crippen LogP contribution in [0.4, 0.5) is 9.59 Å². The van der Waals surface area contributed by atoms with E-state index in [0.717, 1.165) is 6.42 Å². The smallest absolute Gasteiger partial charge is 0.450 e. The van der Waals surface area contributed by atoms with Gasteiger partial charge in [0.15, 0.2) is 6.10 Å². The molecule has 0 saturated carbocycles. The van der Waals surface area contributed by atoms with Crippen molar-refractivity contribution in [1.29, 1.82) is 0 Å². The van der Waals surface area contributed by atoms with Crippen LogP contribution in [0.3, 0.4) is 0 Å². The van der Waals surface area contributed by atoms with E-state index in [1.54, 1.807) is 0 Å². The van der Waals surface area contributed by atoms with Crippen molar-refractivity contribution >= 4 is 12.3 Å². The zero-order valence-electron chi connectivity index (χ0n) is 8.43. The summed E-state index contributed by atoms with van der Waals surface area (Å²) < 4.78 is 8.69. The van der Waals surface area contributed by atoms with Gasteiger partial charge in [0, 0.05) is 0 Å². The molecule has 0 radical (unpaired) electrons. The van der Waals surface area contributed by atoms with E-state index >= 15 is 0 Å². The monoisotopic (exact) mass is 218 g/mol. The van der Waals surface area contributed by atoms with E-state index in [2.05, 4.69) is 16.1 Å². The van der Waals surface area contributed by atoms with Crippen molar-refractivity contribution < 1.29 is 29.3 Å². The fraction of sp³-hybridized carbons (Fsp3) is 0.556. The summed E-state index contributed by atoms with van der Waals surface area (Å²) in [5, 5.41) is 16.7. The molecule has 6 nitrogen and oxygen atoms in total. The quantitative estimate of drug-likeness (QED) is 0.525. The summed E-state index contributed by atoms with van der Waals surface area (Å²) in [6, 6.07) is 0. The lowest BCUT2D eigenvalue weighted by Crippen LogP contribution is -2.21. The van der Waals surface area contributed by atoms with Crippen molar-refractivity contribution in [3.8, 4) is 0 Å². The Morgan fingerprint density at radius 2 is 1.93 bits per heavy atom. The molecule has 0 aromatic carbocycles. The number of hydrogen-bond donors (Lipinski definition) is 2. The zero-order valence-corrected chi connectivity index (χ0v) is 8.43. The SMILES string of the molecule is C=C(OC(=O)O)C(CCCC)OC(=O)O. The van der Waals surface area contributed by atoms with Crippen LogP contribution in [0.2, 0.25) is 0 Å². The summed E-state index contributed by atoms with van der Waals surface area (Å²) in [6.45, 7) is 5.23. The molecule has 0 aliphatic rings. The van der Waals surface area contributed by atoms with Gasteiger partial charge in [-0.3, -0.25) is 0 Å². The van der Waals surface area contributed by atoms with Crippen LogP contribution in [0.5, 0.6) is 0 Å². The molecule has 0 aliphatic carbocycles. The second kappa shape index (κ2) is 6.69. The Labute approximate surface area is 87.1 Å². The summed E-state index contributed by atoms with van der Waals surface area (Å²) in [5.41, 5.74) is 0. The number of rotatable bonds is 6. The van der Waals surface area contributed by atoms with Crippen molar-refractivity contribution in [3.63, 3.8) is 0 Å². The highest BCUT2D eigenvalue weighted by Crippen LogP contribution is 2.14. The van der Waals surface area contributed by atoms with Gasteiger partial charge in [0.05, 0.1) is 0 Å². The Morgan fingerprint density at radius 3 is 2.33 bits per heavy atom. The minimum absolute atomic E-state index is 0.210. The van der Waals surface area contributed by atoms with E-state index in [0.29, 0.717) is 12.8 Å². The molecule has 15 heavy (non-hydrogen) atoms. The van der Waals surface area contributed by atoms with Crippen molar-refractivity contribution in [2.45, 2.75) is 32.3 Å². The predicted molar refractivity (Wildman–Crippen MR) is 50.7 cm³/mol. The summed E-state index contributed by atoms with van der Waals surface area (Å²) >= 11 is 0. The third-order valence-corrected chi connectivity index (χ3v) is 1.64. The van der Waals surface area contributed by atoms with E-state index in [9.17, 15) is 9.59 Å². The van der Waals surface area contributed by atoms with Crippen LogP contribution in [-0.4, -0.2) is 28.6 Å². The molecule has 0 aromatic rings. The van der Waals surface area contributed by atoms with Crippen molar-refractivity contribution in [2.24, 2.45) is 0 Å². The lowest BCUT2D eigenvalue weighted by atomic mass is 10.1. The predicted octanol–water partition coefficient (Wildman–Crippen LogP) is 2.45.